The molecule has 3 heterocycles. The highest BCUT2D eigenvalue weighted by Crippen LogP contribution is 2.36. The lowest BCUT2D eigenvalue weighted by Crippen LogP contribution is -2.40. The van der Waals surface area contributed by atoms with Crippen LogP contribution in [0.15, 0.2) is 53.0 Å². The molecule has 0 N–H and O–H groups in total. The van der Waals surface area contributed by atoms with E-state index in [2.05, 4.69) is 22.9 Å². The molecule has 166 valence electrons. The number of likely N-dealkylation sites (tertiary alicyclic amines) is 1. The Hall–Kier alpha value is -2.67. The van der Waals surface area contributed by atoms with Crippen LogP contribution in [0.1, 0.15) is 37.9 Å². The summed E-state index contributed by atoms with van der Waals surface area (Å²) in [6.07, 6.45) is 2.50. The van der Waals surface area contributed by atoms with E-state index in [1.54, 1.807) is 0 Å². The number of rotatable bonds is 4. The third kappa shape index (κ3) is 3.94. The van der Waals surface area contributed by atoms with Crippen molar-refractivity contribution in [2.45, 2.75) is 38.6 Å². The monoisotopic (exact) mass is 494 g/mol. The molecule has 1 unspecified atom stereocenters. The molecule has 5 rings (SSSR count). The molecule has 32 heavy (non-hydrogen) atoms. The SMILES string of the molecule is CC1CCN(C(=O)Cn2c(C3CC(=O)N(c4ccccc4Br)C3)nc3ccccc32)CC1. The number of anilines is 1. The molecule has 1 atom stereocenters. The molecule has 0 aliphatic carbocycles. The summed E-state index contributed by atoms with van der Waals surface area (Å²) in [7, 11) is 0. The summed E-state index contributed by atoms with van der Waals surface area (Å²) in [5.74, 6) is 1.66. The second-order valence-corrected chi connectivity index (χ2v) is 9.82. The molecular formula is C25H27BrN4O2. The number of hydrogen-bond donors (Lipinski definition) is 0. The van der Waals surface area contributed by atoms with E-state index < -0.39 is 0 Å². The summed E-state index contributed by atoms with van der Waals surface area (Å²) in [4.78, 5) is 34.8. The van der Waals surface area contributed by atoms with Crippen LogP contribution >= 0.6 is 15.9 Å². The Morgan fingerprint density at radius 3 is 2.59 bits per heavy atom. The van der Waals surface area contributed by atoms with Crippen LogP contribution in [0.3, 0.4) is 0 Å². The molecular weight excluding hydrogens is 468 g/mol. The van der Waals surface area contributed by atoms with E-state index in [1.165, 1.54) is 0 Å². The van der Waals surface area contributed by atoms with Crippen LogP contribution in [0, 0.1) is 5.92 Å². The molecule has 3 aromatic rings. The number of fused-ring (bicyclic) bond motifs is 1. The van der Waals surface area contributed by atoms with Gasteiger partial charge in [-0.15, -0.1) is 0 Å². The second-order valence-electron chi connectivity index (χ2n) is 8.96. The number of amides is 2. The van der Waals surface area contributed by atoms with Gasteiger partial charge in [0.1, 0.15) is 12.4 Å². The van der Waals surface area contributed by atoms with E-state index in [-0.39, 0.29) is 24.3 Å². The summed E-state index contributed by atoms with van der Waals surface area (Å²) in [5, 5.41) is 0. The summed E-state index contributed by atoms with van der Waals surface area (Å²) < 4.78 is 2.94. The quantitative estimate of drug-likeness (QED) is 0.533. The Bertz CT molecular complexity index is 1170. The van der Waals surface area contributed by atoms with Crippen LogP contribution in [-0.2, 0) is 16.1 Å². The van der Waals surface area contributed by atoms with Gasteiger partial charge in [0.15, 0.2) is 0 Å². The van der Waals surface area contributed by atoms with Crippen LogP contribution < -0.4 is 4.90 Å². The van der Waals surface area contributed by atoms with Crippen molar-refractivity contribution >= 4 is 44.5 Å². The maximum absolute atomic E-state index is 13.2. The average molecular weight is 495 g/mol. The van der Waals surface area contributed by atoms with Gasteiger partial charge in [-0.25, -0.2) is 4.98 Å². The lowest BCUT2D eigenvalue weighted by Gasteiger charge is -2.30. The highest BCUT2D eigenvalue weighted by Gasteiger charge is 2.36. The van der Waals surface area contributed by atoms with E-state index in [4.69, 9.17) is 4.98 Å². The predicted octanol–water partition coefficient (Wildman–Crippen LogP) is 4.58. The molecule has 2 amide bonds. The molecule has 2 saturated heterocycles. The zero-order valence-corrected chi connectivity index (χ0v) is 19.8. The second kappa shape index (κ2) is 8.70. The highest BCUT2D eigenvalue weighted by molar-refractivity contribution is 9.10. The number of imidazole rings is 1. The van der Waals surface area contributed by atoms with E-state index in [9.17, 15) is 9.59 Å². The molecule has 6 nitrogen and oxygen atoms in total. The third-order valence-corrected chi connectivity index (χ3v) is 7.42. The third-order valence-electron chi connectivity index (χ3n) is 6.75. The summed E-state index contributed by atoms with van der Waals surface area (Å²) in [6.45, 7) is 4.71. The van der Waals surface area contributed by atoms with E-state index >= 15 is 0 Å². The molecule has 0 saturated carbocycles. The summed E-state index contributed by atoms with van der Waals surface area (Å²) in [6, 6.07) is 15.7. The van der Waals surface area contributed by atoms with Gasteiger partial charge in [0, 0.05) is 36.4 Å². The van der Waals surface area contributed by atoms with Crippen molar-refractivity contribution in [3.8, 4) is 0 Å². The Morgan fingerprint density at radius 2 is 1.81 bits per heavy atom. The fraction of sp³-hybridized carbons (Fsp3) is 0.400. The topological polar surface area (TPSA) is 58.4 Å². The largest absolute Gasteiger partial charge is 0.341 e. The number of para-hydroxylation sites is 3. The van der Waals surface area contributed by atoms with Gasteiger partial charge in [-0.1, -0.05) is 31.2 Å². The number of benzene rings is 2. The zero-order valence-electron chi connectivity index (χ0n) is 18.2. The van der Waals surface area contributed by atoms with Crippen molar-refractivity contribution in [1.29, 1.82) is 0 Å². The van der Waals surface area contributed by atoms with Gasteiger partial charge >= 0.3 is 0 Å². The van der Waals surface area contributed by atoms with Crippen molar-refractivity contribution < 1.29 is 9.59 Å². The van der Waals surface area contributed by atoms with Gasteiger partial charge in [-0.3, -0.25) is 9.59 Å². The van der Waals surface area contributed by atoms with Crippen molar-refractivity contribution in [2.24, 2.45) is 5.92 Å². The molecule has 0 bridgehead atoms. The maximum Gasteiger partial charge on any atom is 0.242 e. The first-order valence-corrected chi connectivity index (χ1v) is 12.1. The lowest BCUT2D eigenvalue weighted by molar-refractivity contribution is -0.133. The molecule has 0 spiro atoms. The van der Waals surface area contributed by atoms with E-state index in [0.717, 1.165) is 52.9 Å². The van der Waals surface area contributed by atoms with E-state index in [1.807, 2.05) is 62.9 Å². The molecule has 0 radical (unpaired) electrons. The van der Waals surface area contributed by atoms with E-state index in [0.29, 0.717) is 18.9 Å². The number of piperidine rings is 1. The number of nitrogens with zero attached hydrogens (tertiary/aromatic N) is 4. The molecule has 7 heteroatoms. The smallest absolute Gasteiger partial charge is 0.242 e. The normalized spacial score (nSPS) is 19.8. The van der Waals surface area contributed by atoms with Crippen LogP contribution in [0.2, 0.25) is 0 Å². The number of aromatic nitrogens is 2. The number of hydrogen-bond acceptors (Lipinski definition) is 3. The number of carbonyl (C=O) groups excluding carboxylic acids is 2. The zero-order chi connectivity index (χ0) is 22.2. The first-order valence-electron chi connectivity index (χ1n) is 11.3. The van der Waals surface area contributed by atoms with Crippen molar-refractivity contribution in [3.05, 3.63) is 58.8 Å². The van der Waals surface area contributed by atoms with Gasteiger partial charge in [0.2, 0.25) is 11.8 Å². The number of carbonyl (C=O) groups is 2. The highest BCUT2D eigenvalue weighted by atomic mass is 79.9. The molecule has 2 fully saturated rings. The van der Waals surface area contributed by atoms with Crippen molar-refractivity contribution in [3.63, 3.8) is 0 Å². The first-order chi connectivity index (χ1) is 15.5. The predicted molar refractivity (Wildman–Crippen MR) is 129 cm³/mol. The molecule has 2 aromatic carbocycles. The Balaban J connectivity index is 1.45. The van der Waals surface area contributed by atoms with Crippen molar-refractivity contribution in [2.75, 3.05) is 24.5 Å². The Kier molecular flexibility index (Phi) is 5.76. The first kappa shape index (κ1) is 21.2. The van der Waals surface area contributed by atoms with Gasteiger partial charge in [-0.05, 0) is 59.0 Å². The molecule has 2 aliphatic rings. The Labute approximate surface area is 196 Å². The molecule has 2 aliphatic heterocycles. The van der Waals surface area contributed by atoms with Crippen molar-refractivity contribution in [1.82, 2.24) is 14.5 Å². The lowest BCUT2D eigenvalue weighted by atomic mass is 9.99. The minimum Gasteiger partial charge on any atom is -0.341 e. The minimum absolute atomic E-state index is 0.0591. The Morgan fingerprint density at radius 1 is 1.09 bits per heavy atom. The standard InChI is InChI=1S/C25H27BrN4O2/c1-17-10-12-28(13-11-17)24(32)16-30-22-9-5-3-7-20(22)27-25(30)18-14-23(31)29(15-18)21-8-4-2-6-19(21)26/h2-9,17-18H,10-16H2,1H3. The average Bonchev–Trinajstić information content (AvgIpc) is 3.35. The van der Waals surface area contributed by atoms with Gasteiger partial charge in [-0.2, -0.15) is 0 Å². The maximum atomic E-state index is 13.2. The van der Waals surface area contributed by atoms with Crippen LogP contribution in [0.4, 0.5) is 5.69 Å². The van der Waals surface area contributed by atoms with Crippen LogP contribution in [0.5, 0.6) is 0 Å². The van der Waals surface area contributed by atoms with Gasteiger partial charge < -0.3 is 14.4 Å². The fourth-order valence-electron chi connectivity index (χ4n) is 4.85. The molecule has 1 aromatic heterocycles. The fourth-order valence-corrected chi connectivity index (χ4v) is 5.35. The van der Waals surface area contributed by atoms with Gasteiger partial charge in [0.25, 0.3) is 0 Å². The number of halogens is 1. The summed E-state index contributed by atoms with van der Waals surface area (Å²) in [5.41, 5.74) is 2.70. The minimum atomic E-state index is -0.0591. The van der Waals surface area contributed by atoms with Crippen LogP contribution in [-0.4, -0.2) is 45.9 Å². The summed E-state index contributed by atoms with van der Waals surface area (Å²) >= 11 is 3.57. The van der Waals surface area contributed by atoms with Gasteiger partial charge in [0.05, 0.1) is 16.7 Å². The van der Waals surface area contributed by atoms with Crippen LogP contribution in [0.25, 0.3) is 11.0 Å².